The van der Waals surface area contributed by atoms with Gasteiger partial charge in [-0.3, -0.25) is 4.79 Å². The van der Waals surface area contributed by atoms with Crippen LogP contribution in [0.2, 0.25) is 0 Å². The summed E-state index contributed by atoms with van der Waals surface area (Å²) in [7, 11) is -3.85. The molecule has 1 amide bonds. The summed E-state index contributed by atoms with van der Waals surface area (Å²) in [5.41, 5.74) is 1.55. The van der Waals surface area contributed by atoms with E-state index in [1.807, 2.05) is 30.3 Å². The second-order valence-electron chi connectivity index (χ2n) is 6.32. The third-order valence-electron chi connectivity index (χ3n) is 4.16. The first kappa shape index (κ1) is 20.1. The van der Waals surface area contributed by atoms with Gasteiger partial charge in [0.25, 0.3) is 15.9 Å². The van der Waals surface area contributed by atoms with Gasteiger partial charge in [-0.1, -0.05) is 30.3 Å². The van der Waals surface area contributed by atoms with Crippen molar-refractivity contribution in [3.05, 3.63) is 91.0 Å². The van der Waals surface area contributed by atoms with E-state index in [1.54, 1.807) is 6.07 Å². The third-order valence-corrected chi connectivity index (χ3v) is 5.50. The lowest BCUT2D eigenvalue weighted by Gasteiger charge is -2.08. The van der Waals surface area contributed by atoms with Gasteiger partial charge in [0.1, 0.15) is 0 Å². The topological polar surface area (TPSA) is 127 Å². The fourth-order valence-electron chi connectivity index (χ4n) is 2.63. The Morgan fingerprint density at radius 2 is 1.42 bits per heavy atom. The molecule has 0 spiro atoms. The second kappa shape index (κ2) is 8.67. The molecule has 0 saturated heterocycles. The van der Waals surface area contributed by atoms with Gasteiger partial charge in [-0.05, 0) is 30.3 Å². The van der Waals surface area contributed by atoms with Crippen LogP contribution in [0.25, 0.3) is 11.4 Å². The molecule has 10 heteroatoms. The smallest absolute Gasteiger partial charge is 0.264 e. The van der Waals surface area contributed by atoms with Gasteiger partial charge in [-0.25, -0.2) is 33.1 Å². The van der Waals surface area contributed by atoms with Crippen LogP contribution < -0.4 is 10.0 Å². The van der Waals surface area contributed by atoms with Gasteiger partial charge in [0.2, 0.25) is 5.95 Å². The molecule has 2 heterocycles. The summed E-state index contributed by atoms with van der Waals surface area (Å²) in [5.74, 6) is 0.0754. The summed E-state index contributed by atoms with van der Waals surface area (Å²) in [6, 6.07) is 16.7. The normalized spacial score (nSPS) is 11.0. The summed E-state index contributed by atoms with van der Waals surface area (Å²) in [4.78, 5) is 28.6. The quantitative estimate of drug-likeness (QED) is 0.479. The van der Waals surface area contributed by atoms with Crippen molar-refractivity contribution in [2.45, 2.75) is 4.90 Å². The molecule has 2 aromatic heterocycles. The monoisotopic (exact) mass is 432 g/mol. The Labute approximate surface area is 178 Å². The summed E-state index contributed by atoms with van der Waals surface area (Å²) in [6.07, 6.45) is 5.74. The molecule has 2 N–H and O–H groups in total. The third kappa shape index (κ3) is 4.87. The first-order chi connectivity index (χ1) is 15.0. The Kier molecular flexibility index (Phi) is 5.63. The number of sulfonamides is 1. The summed E-state index contributed by atoms with van der Waals surface area (Å²) in [5, 5.41) is 2.69. The van der Waals surface area contributed by atoms with E-state index in [9.17, 15) is 13.2 Å². The van der Waals surface area contributed by atoms with Gasteiger partial charge in [0.15, 0.2) is 5.82 Å². The SMILES string of the molecule is O=C(Nc1ccc(S(=O)(=O)Nc2ncccn2)cc1)c1cnc(-c2ccccc2)nc1. The number of hydrogen-bond donors (Lipinski definition) is 2. The molecule has 0 unspecified atom stereocenters. The molecular formula is C21H16N6O3S. The lowest BCUT2D eigenvalue weighted by atomic mass is 10.2. The number of benzene rings is 2. The predicted octanol–water partition coefficient (Wildman–Crippen LogP) is 2.99. The highest BCUT2D eigenvalue weighted by molar-refractivity contribution is 7.92. The number of nitrogens with zero attached hydrogens (tertiary/aromatic N) is 4. The van der Waals surface area contributed by atoms with Crippen LogP contribution in [0.3, 0.4) is 0 Å². The van der Waals surface area contributed by atoms with Crippen LogP contribution in [-0.4, -0.2) is 34.3 Å². The van der Waals surface area contributed by atoms with Crippen molar-refractivity contribution >= 4 is 27.6 Å². The van der Waals surface area contributed by atoms with Gasteiger partial charge in [-0.2, -0.15) is 0 Å². The van der Waals surface area contributed by atoms with E-state index in [0.717, 1.165) is 5.56 Å². The molecule has 0 aliphatic carbocycles. The van der Waals surface area contributed by atoms with E-state index in [1.165, 1.54) is 49.1 Å². The van der Waals surface area contributed by atoms with E-state index >= 15 is 0 Å². The maximum absolute atomic E-state index is 12.4. The lowest BCUT2D eigenvalue weighted by molar-refractivity contribution is 0.102. The molecule has 31 heavy (non-hydrogen) atoms. The number of amides is 1. The van der Waals surface area contributed by atoms with E-state index < -0.39 is 15.9 Å². The summed E-state index contributed by atoms with van der Waals surface area (Å²) < 4.78 is 27.1. The highest BCUT2D eigenvalue weighted by Crippen LogP contribution is 2.18. The first-order valence-corrected chi connectivity index (χ1v) is 10.6. The van der Waals surface area contributed by atoms with Crippen LogP contribution in [-0.2, 0) is 10.0 Å². The predicted molar refractivity (Wildman–Crippen MR) is 115 cm³/mol. The van der Waals surface area contributed by atoms with Crippen molar-refractivity contribution in [2.75, 3.05) is 10.0 Å². The molecule has 2 aromatic carbocycles. The van der Waals surface area contributed by atoms with Gasteiger partial charge in [0.05, 0.1) is 10.5 Å². The molecular weight excluding hydrogens is 416 g/mol. The molecule has 0 bridgehead atoms. The minimum atomic E-state index is -3.85. The van der Waals surface area contributed by atoms with E-state index in [-0.39, 0.29) is 16.4 Å². The molecule has 0 radical (unpaired) electrons. The van der Waals surface area contributed by atoms with Crippen LogP contribution in [0.5, 0.6) is 0 Å². The zero-order valence-electron chi connectivity index (χ0n) is 16.0. The number of anilines is 2. The Bertz CT molecular complexity index is 1280. The molecule has 4 aromatic rings. The number of rotatable bonds is 6. The van der Waals surface area contributed by atoms with Gasteiger partial charge in [0, 0.05) is 36.0 Å². The molecule has 9 nitrogen and oxygen atoms in total. The molecule has 0 fully saturated rings. The lowest BCUT2D eigenvalue weighted by Crippen LogP contribution is -2.15. The molecule has 154 valence electrons. The van der Waals surface area contributed by atoms with E-state index in [0.29, 0.717) is 11.5 Å². The molecule has 0 aliphatic rings. The van der Waals surface area contributed by atoms with Crippen molar-refractivity contribution in [3.63, 3.8) is 0 Å². The van der Waals surface area contributed by atoms with Crippen molar-refractivity contribution in [1.29, 1.82) is 0 Å². The average Bonchev–Trinajstić information content (AvgIpc) is 2.80. The van der Waals surface area contributed by atoms with Crippen LogP contribution in [0.1, 0.15) is 10.4 Å². The fraction of sp³-hybridized carbons (Fsp3) is 0. The highest BCUT2D eigenvalue weighted by Gasteiger charge is 2.16. The maximum Gasteiger partial charge on any atom is 0.264 e. The van der Waals surface area contributed by atoms with Gasteiger partial charge >= 0.3 is 0 Å². The fourth-order valence-corrected chi connectivity index (χ4v) is 3.59. The van der Waals surface area contributed by atoms with Crippen LogP contribution in [0, 0.1) is 0 Å². The number of carbonyl (C=O) groups excluding carboxylic acids is 1. The molecule has 4 rings (SSSR count). The van der Waals surface area contributed by atoms with E-state index in [2.05, 4.69) is 30.0 Å². The van der Waals surface area contributed by atoms with E-state index in [4.69, 9.17) is 0 Å². The number of carbonyl (C=O) groups is 1. The standard InChI is InChI=1S/C21H16N6O3S/c28-20(16-13-24-19(25-14-16)15-5-2-1-3-6-15)26-17-7-9-18(10-8-17)31(29,30)27-21-22-11-4-12-23-21/h1-14H,(H,26,28)(H,22,23,27). The summed E-state index contributed by atoms with van der Waals surface area (Å²) >= 11 is 0. The van der Waals surface area contributed by atoms with Gasteiger partial charge in [-0.15, -0.1) is 0 Å². The zero-order chi connectivity index (χ0) is 21.7. The number of aromatic nitrogens is 4. The minimum Gasteiger partial charge on any atom is -0.322 e. The minimum absolute atomic E-state index is 0.00787. The number of hydrogen-bond acceptors (Lipinski definition) is 7. The highest BCUT2D eigenvalue weighted by atomic mass is 32.2. The molecule has 0 atom stereocenters. The Morgan fingerprint density at radius 1 is 0.774 bits per heavy atom. The largest absolute Gasteiger partial charge is 0.322 e. The van der Waals surface area contributed by atoms with Gasteiger partial charge < -0.3 is 5.32 Å². The maximum atomic E-state index is 12.4. The second-order valence-corrected chi connectivity index (χ2v) is 8.00. The Morgan fingerprint density at radius 3 is 2.06 bits per heavy atom. The van der Waals surface area contributed by atoms with Crippen LogP contribution >= 0.6 is 0 Å². The van der Waals surface area contributed by atoms with Crippen molar-refractivity contribution in [3.8, 4) is 11.4 Å². The van der Waals surface area contributed by atoms with Crippen molar-refractivity contribution < 1.29 is 13.2 Å². The van der Waals surface area contributed by atoms with Crippen LogP contribution in [0.15, 0.2) is 90.3 Å². The first-order valence-electron chi connectivity index (χ1n) is 9.10. The van der Waals surface area contributed by atoms with Crippen molar-refractivity contribution in [1.82, 2.24) is 19.9 Å². The Balaban J connectivity index is 1.43. The molecule has 0 aliphatic heterocycles. The average molecular weight is 432 g/mol. The zero-order valence-corrected chi connectivity index (χ0v) is 16.8. The Hall–Kier alpha value is -4.18. The van der Waals surface area contributed by atoms with Crippen molar-refractivity contribution in [2.24, 2.45) is 0 Å². The summed E-state index contributed by atoms with van der Waals surface area (Å²) in [6.45, 7) is 0. The molecule has 0 saturated carbocycles. The van der Waals surface area contributed by atoms with Crippen LogP contribution in [0.4, 0.5) is 11.6 Å². The number of nitrogens with one attached hydrogen (secondary N) is 2.